The van der Waals surface area contributed by atoms with Gasteiger partial charge in [-0.1, -0.05) is 0 Å². The van der Waals surface area contributed by atoms with E-state index in [1.165, 1.54) is 10.8 Å². The molecule has 0 atom stereocenters. The molecule has 0 amide bonds. The van der Waals surface area contributed by atoms with Crippen molar-refractivity contribution >= 4 is 9.84 Å². The Balaban J connectivity index is 2.52. The summed E-state index contributed by atoms with van der Waals surface area (Å²) in [6.45, 7) is -0.223. The van der Waals surface area contributed by atoms with E-state index in [-0.39, 0.29) is 23.9 Å². The summed E-state index contributed by atoms with van der Waals surface area (Å²) in [4.78, 5) is 23.9. The monoisotopic (exact) mass is 283 g/mol. The lowest BCUT2D eigenvalue weighted by Gasteiger charge is -2.09. The standard InChI is InChI=1S/C11H13N3O4S/c1-19(17,18)5-4-13-10(15)8(6-12)7-14(11(13)16)9-2-3-9/h7,9H,2-5H2,1H3. The fraction of sp³-hybridized carbons (Fsp3) is 0.545. The number of aromatic nitrogens is 2. The Labute approximate surface area is 109 Å². The Hall–Kier alpha value is -1.88. The Kier molecular flexibility index (Phi) is 3.32. The zero-order valence-corrected chi connectivity index (χ0v) is 11.2. The van der Waals surface area contributed by atoms with Crippen LogP contribution >= 0.6 is 0 Å². The summed E-state index contributed by atoms with van der Waals surface area (Å²) in [5.41, 5.74) is -1.41. The second-order valence-electron chi connectivity index (χ2n) is 4.66. The third kappa shape index (κ3) is 2.93. The largest absolute Gasteiger partial charge is 0.331 e. The Bertz CT molecular complexity index is 763. The molecule has 19 heavy (non-hydrogen) atoms. The first-order valence-corrected chi connectivity index (χ1v) is 7.83. The van der Waals surface area contributed by atoms with Crippen LogP contribution in [0.15, 0.2) is 15.8 Å². The van der Waals surface area contributed by atoms with Gasteiger partial charge >= 0.3 is 5.69 Å². The molecule has 102 valence electrons. The smallest absolute Gasteiger partial charge is 0.296 e. The molecule has 7 nitrogen and oxygen atoms in total. The van der Waals surface area contributed by atoms with Crippen LogP contribution in [0, 0.1) is 11.3 Å². The number of hydrogen-bond donors (Lipinski definition) is 0. The quantitative estimate of drug-likeness (QED) is 0.724. The molecule has 1 aromatic heterocycles. The number of rotatable bonds is 4. The molecule has 0 saturated heterocycles. The Morgan fingerprint density at radius 3 is 2.53 bits per heavy atom. The summed E-state index contributed by atoms with van der Waals surface area (Å²) < 4.78 is 24.4. The molecule has 0 aromatic carbocycles. The van der Waals surface area contributed by atoms with Crippen LogP contribution < -0.4 is 11.2 Å². The van der Waals surface area contributed by atoms with Crippen molar-refractivity contribution in [3.05, 3.63) is 32.6 Å². The van der Waals surface area contributed by atoms with E-state index in [1.807, 2.05) is 0 Å². The van der Waals surface area contributed by atoms with Crippen molar-refractivity contribution < 1.29 is 8.42 Å². The van der Waals surface area contributed by atoms with Gasteiger partial charge in [0.2, 0.25) is 0 Å². The minimum atomic E-state index is -3.28. The van der Waals surface area contributed by atoms with Crippen LogP contribution in [-0.4, -0.2) is 29.6 Å². The maximum atomic E-state index is 12.1. The Morgan fingerprint density at radius 1 is 1.42 bits per heavy atom. The number of nitrogens with zero attached hydrogens (tertiary/aromatic N) is 3. The van der Waals surface area contributed by atoms with Gasteiger partial charge in [0, 0.05) is 25.0 Å². The fourth-order valence-corrected chi connectivity index (χ4v) is 2.28. The lowest BCUT2D eigenvalue weighted by molar-refractivity contribution is 0.562. The van der Waals surface area contributed by atoms with Gasteiger partial charge in [-0.15, -0.1) is 0 Å². The first-order valence-electron chi connectivity index (χ1n) is 5.77. The summed E-state index contributed by atoms with van der Waals surface area (Å²) in [5, 5.41) is 8.89. The molecule has 2 rings (SSSR count). The van der Waals surface area contributed by atoms with Crippen LogP contribution in [0.25, 0.3) is 0 Å². The molecule has 0 unspecified atom stereocenters. The van der Waals surface area contributed by atoms with Crippen molar-refractivity contribution in [1.29, 1.82) is 5.26 Å². The van der Waals surface area contributed by atoms with Crippen molar-refractivity contribution in [3.8, 4) is 6.07 Å². The molecule has 0 bridgehead atoms. The van der Waals surface area contributed by atoms with Gasteiger partial charge in [-0.25, -0.2) is 13.2 Å². The van der Waals surface area contributed by atoms with Crippen LogP contribution in [0.2, 0.25) is 0 Å². The average molecular weight is 283 g/mol. The molecular weight excluding hydrogens is 270 g/mol. The predicted octanol–water partition coefficient (Wildman–Crippen LogP) is -0.739. The number of hydrogen-bond acceptors (Lipinski definition) is 5. The van der Waals surface area contributed by atoms with Gasteiger partial charge in [-0.05, 0) is 12.8 Å². The SMILES string of the molecule is CS(=O)(=O)CCn1c(=O)c(C#N)cn(C2CC2)c1=O. The lowest BCUT2D eigenvalue weighted by atomic mass is 10.3. The highest BCUT2D eigenvalue weighted by atomic mass is 32.2. The molecule has 1 saturated carbocycles. The van der Waals surface area contributed by atoms with Crippen molar-refractivity contribution in [2.24, 2.45) is 0 Å². The summed E-state index contributed by atoms with van der Waals surface area (Å²) in [6.07, 6.45) is 3.95. The minimum Gasteiger partial charge on any atom is -0.296 e. The maximum Gasteiger partial charge on any atom is 0.331 e. The van der Waals surface area contributed by atoms with Gasteiger partial charge in [0.15, 0.2) is 0 Å². The van der Waals surface area contributed by atoms with E-state index < -0.39 is 21.1 Å². The van der Waals surface area contributed by atoms with Gasteiger partial charge in [0.1, 0.15) is 21.5 Å². The summed E-state index contributed by atoms with van der Waals surface area (Å²) >= 11 is 0. The first-order chi connectivity index (χ1) is 8.83. The molecule has 1 aliphatic carbocycles. The van der Waals surface area contributed by atoms with E-state index in [4.69, 9.17) is 5.26 Å². The average Bonchev–Trinajstić information content (AvgIpc) is 3.12. The minimum absolute atomic E-state index is 0.0182. The van der Waals surface area contributed by atoms with Crippen LogP contribution in [0.5, 0.6) is 0 Å². The van der Waals surface area contributed by atoms with Crippen LogP contribution in [0.1, 0.15) is 24.4 Å². The second kappa shape index (κ2) is 4.66. The molecular formula is C11H13N3O4S. The van der Waals surface area contributed by atoms with Crippen molar-refractivity contribution in [1.82, 2.24) is 9.13 Å². The van der Waals surface area contributed by atoms with Gasteiger partial charge in [-0.2, -0.15) is 5.26 Å². The van der Waals surface area contributed by atoms with Crippen molar-refractivity contribution in [2.75, 3.05) is 12.0 Å². The molecule has 0 spiro atoms. The molecule has 0 aliphatic heterocycles. The highest BCUT2D eigenvalue weighted by Gasteiger charge is 2.26. The third-order valence-corrected chi connectivity index (χ3v) is 3.87. The van der Waals surface area contributed by atoms with E-state index in [9.17, 15) is 18.0 Å². The second-order valence-corrected chi connectivity index (χ2v) is 6.92. The summed E-state index contributed by atoms with van der Waals surface area (Å²) in [6, 6.07) is 1.76. The summed E-state index contributed by atoms with van der Waals surface area (Å²) in [5.74, 6) is -0.304. The van der Waals surface area contributed by atoms with Gasteiger partial charge in [0.25, 0.3) is 5.56 Å². The molecule has 1 aromatic rings. The highest BCUT2D eigenvalue weighted by Crippen LogP contribution is 2.33. The van der Waals surface area contributed by atoms with Crippen molar-refractivity contribution in [3.63, 3.8) is 0 Å². The number of sulfone groups is 1. The molecule has 1 heterocycles. The van der Waals surface area contributed by atoms with E-state index in [0.717, 1.165) is 23.7 Å². The Morgan fingerprint density at radius 2 is 2.05 bits per heavy atom. The molecule has 0 radical (unpaired) electrons. The molecule has 0 N–H and O–H groups in total. The molecule has 1 fully saturated rings. The predicted molar refractivity (Wildman–Crippen MR) is 67.7 cm³/mol. The highest BCUT2D eigenvalue weighted by molar-refractivity contribution is 7.90. The maximum absolute atomic E-state index is 12.1. The topological polar surface area (TPSA) is 102 Å². The van der Waals surface area contributed by atoms with Crippen molar-refractivity contribution in [2.45, 2.75) is 25.4 Å². The van der Waals surface area contributed by atoms with Crippen LogP contribution in [0.4, 0.5) is 0 Å². The van der Waals surface area contributed by atoms with E-state index in [1.54, 1.807) is 6.07 Å². The van der Waals surface area contributed by atoms with Gasteiger partial charge in [0.05, 0.1) is 5.75 Å². The zero-order valence-electron chi connectivity index (χ0n) is 10.4. The zero-order chi connectivity index (χ0) is 14.2. The van der Waals surface area contributed by atoms with Gasteiger partial charge in [-0.3, -0.25) is 13.9 Å². The lowest BCUT2D eigenvalue weighted by Crippen LogP contribution is -2.41. The molecule has 8 heteroatoms. The number of nitriles is 1. The summed E-state index contributed by atoms with van der Waals surface area (Å²) in [7, 11) is -3.28. The van der Waals surface area contributed by atoms with E-state index in [0.29, 0.717) is 0 Å². The van der Waals surface area contributed by atoms with Crippen LogP contribution in [-0.2, 0) is 16.4 Å². The third-order valence-electron chi connectivity index (χ3n) is 2.94. The molecule has 1 aliphatic rings. The van der Waals surface area contributed by atoms with E-state index >= 15 is 0 Å². The first kappa shape index (κ1) is 13.5. The van der Waals surface area contributed by atoms with Crippen LogP contribution in [0.3, 0.4) is 0 Å². The fourth-order valence-electron chi connectivity index (χ4n) is 1.77. The van der Waals surface area contributed by atoms with E-state index in [2.05, 4.69) is 0 Å². The van der Waals surface area contributed by atoms with Gasteiger partial charge < -0.3 is 0 Å². The normalized spacial score (nSPS) is 15.2.